The Bertz CT molecular complexity index is 422. The summed E-state index contributed by atoms with van der Waals surface area (Å²) < 4.78 is 5.00. The van der Waals surface area contributed by atoms with Gasteiger partial charge in [0.2, 0.25) is 11.7 Å². The third-order valence-electron chi connectivity index (χ3n) is 1.87. The highest BCUT2D eigenvalue weighted by Crippen LogP contribution is 2.18. The van der Waals surface area contributed by atoms with Gasteiger partial charge in [-0.1, -0.05) is 23.7 Å². The van der Waals surface area contributed by atoms with Crippen LogP contribution in [0.15, 0.2) is 28.8 Å². The molecular weight excluding hydrogens is 200 g/mol. The number of nitrogens with zero attached hydrogens (tertiary/aromatic N) is 2. The molecule has 0 radical (unpaired) electrons. The maximum atomic E-state index is 5.77. The summed E-state index contributed by atoms with van der Waals surface area (Å²) in [4.78, 5) is 4.21. The Morgan fingerprint density at radius 1 is 1.29 bits per heavy atom. The molecule has 0 aliphatic heterocycles. The lowest BCUT2D eigenvalue weighted by atomic mass is 10.2. The topological polar surface area (TPSA) is 38.9 Å². The average molecular weight is 209 g/mol. The van der Waals surface area contributed by atoms with Crippen LogP contribution in [0, 0.1) is 0 Å². The Kier molecular flexibility index (Phi) is 2.50. The van der Waals surface area contributed by atoms with Crippen molar-refractivity contribution >= 4 is 11.6 Å². The molecule has 14 heavy (non-hydrogen) atoms. The number of aromatic nitrogens is 2. The van der Waals surface area contributed by atoms with Gasteiger partial charge in [-0.25, -0.2) is 0 Å². The van der Waals surface area contributed by atoms with E-state index in [0.717, 1.165) is 12.0 Å². The molecule has 2 rings (SSSR count). The van der Waals surface area contributed by atoms with Gasteiger partial charge in [0.15, 0.2) is 0 Å². The van der Waals surface area contributed by atoms with Crippen molar-refractivity contribution in [2.24, 2.45) is 0 Å². The van der Waals surface area contributed by atoms with E-state index in [4.69, 9.17) is 16.1 Å². The van der Waals surface area contributed by atoms with Gasteiger partial charge in [-0.05, 0) is 24.3 Å². The molecule has 0 aliphatic rings. The smallest absolute Gasteiger partial charge is 0.226 e. The molecule has 4 heteroatoms. The zero-order chi connectivity index (χ0) is 9.97. The zero-order valence-corrected chi connectivity index (χ0v) is 8.45. The van der Waals surface area contributed by atoms with E-state index in [9.17, 15) is 0 Å². The molecule has 0 N–H and O–H groups in total. The number of aryl methyl sites for hydroxylation is 1. The van der Waals surface area contributed by atoms with Gasteiger partial charge >= 0.3 is 0 Å². The van der Waals surface area contributed by atoms with Crippen molar-refractivity contribution in [3.63, 3.8) is 0 Å². The van der Waals surface area contributed by atoms with Crippen LogP contribution in [0.4, 0.5) is 0 Å². The monoisotopic (exact) mass is 208 g/mol. The van der Waals surface area contributed by atoms with E-state index in [1.807, 2.05) is 19.1 Å². The van der Waals surface area contributed by atoms with Crippen molar-refractivity contribution in [2.75, 3.05) is 0 Å². The first kappa shape index (κ1) is 9.21. The summed E-state index contributed by atoms with van der Waals surface area (Å²) in [6.45, 7) is 1.97. The molecule has 0 amide bonds. The summed E-state index contributed by atoms with van der Waals surface area (Å²) in [7, 11) is 0. The van der Waals surface area contributed by atoms with Crippen LogP contribution in [0.5, 0.6) is 0 Å². The SMILES string of the molecule is CCc1nc(-c2ccc(Cl)cc2)no1. The predicted molar refractivity (Wildman–Crippen MR) is 54.1 cm³/mol. The maximum Gasteiger partial charge on any atom is 0.226 e. The molecule has 1 heterocycles. The third-order valence-corrected chi connectivity index (χ3v) is 2.12. The minimum absolute atomic E-state index is 0.610. The van der Waals surface area contributed by atoms with Crippen LogP contribution in [-0.4, -0.2) is 10.1 Å². The summed E-state index contributed by atoms with van der Waals surface area (Å²) in [5, 5.41) is 4.56. The number of rotatable bonds is 2. The maximum absolute atomic E-state index is 5.77. The molecule has 3 nitrogen and oxygen atoms in total. The van der Waals surface area contributed by atoms with E-state index >= 15 is 0 Å². The van der Waals surface area contributed by atoms with Gasteiger partial charge in [0.1, 0.15) is 0 Å². The molecule has 0 saturated heterocycles. The summed E-state index contributed by atoms with van der Waals surface area (Å²) in [5.74, 6) is 1.26. The van der Waals surface area contributed by atoms with Gasteiger partial charge in [0.25, 0.3) is 0 Å². The van der Waals surface area contributed by atoms with E-state index in [2.05, 4.69) is 10.1 Å². The lowest BCUT2D eigenvalue weighted by Crippen LogP contribution is -1.81. The third kappa shape index (κ3) is 1.77. The average Bonchev–Trinajstić information content (AvgIpc) is 2.67. The fourth-order valence-corrected chi connectivity index (χ4v) is 1.24. The van der Waals surface area contributed by atoms with Crippen LogP contribution in [0.25, 0.3) is 11.4 Å². The molecule has 72 valence electrons. The molecule has 0 spiro atoms. The first-order chi connectivity index (χ1) is 6.79. The minimum Gasteiger partial charge on any atom is -0.339 e. The number of halogens is 1. The fourth-order valence-electron chi connectivity index (χ4n) is 1.11. The highest BCUT2D eigenvalue weighted by atomic mass is 35.5. The zero-order valence-electron chi connectivity index (χ0n) is 7.70. The highest BCUT2D eigenvalue weighted by molar-refractivity contribution is 6.30. The van der Waals surface area contributed by atoms with Crippen molar-refractivity contribution < 1.29 is 4.52 Å². The van der Waals surface area contributed by atoms with Gasteiger partial charge in [0.05, 0.1) is 0 Å². The molecule has 1 aromatic carbocycles. The predicted octanol–water partition coefficient (Wildman–Crippen LogP) is 2.95. The van der Waals surface area contributed by atoms with Crippen molar-refractivity contribution in [3.05, 3.63) is 35.2 Å². The summed E-state index contributed by atoms with van der Waals surface area (Å²) in [6.07, 6.45) is 0.751. The lowest BCUT2D eigenvalue weighted by Gasteiger charge is -1.92. The first-order valence-electron chi connectivity index (χ1n) is 4.38. The van der Waals surface area contributed by atoms with E-state index in [0.29, 0.717) is 16.7 Å². The molecule has 0 aliphatic carbocycles. The van der Waals surface area contributed by atoms with Crippen LogP contribution < -0.4 is 0 Å². The second-order valence-corrected chi connectivity index (χ2v) is 3.31. The molecule has 1 aromatic heterocycles. The Balaban J connectivity index is 2.34. The van der Waals surface area contributed by atoms with Gasteiger partial charge in [-0.2, -0.15) is 4.98 Å². The quantitative estimate of drug-likeness (QED) is 0.762. The van der Waals surface area contributed by atoms with Gasteiger partial charge in [-0.3, -0.25) is 0 Å². The van der Waals surface area contributed by atoms with Crippen molar-refractivity contribution in [1.82, 2.24) is 10.1 Å². The second-order valence-electron chi connectivity index (χ2n) is 2.87. The Morgan fingerprint density at radius 2 is 2.00 bits per heavy atom. The summed E-state index contributed by atoms with van der Waals surface area (Å²) >= 11 is 5.77. The number of hydrogen-bond donors (Lipinski definition) is 0. The summed E-state index contributed by atoms with van der Waals surface area (Å²) in [6, 6.07) is 7.34. The molecular formula is C10H9ClN2O. The molecule has 0 unspecified atom stereocenters. The van der Waals surface area contributed by atoms with Gasteiger partial charge < -0.3 is 4.52 Å². The fraction of sp³-hybridized carbons (Fsp3) is 0.200. The van der Waals surface area contributed by atoms with Crippen LogP contribution in [-0.2, 0) is 6.42 Å². The second kappa shape index (κ2) is 3.80. The van der Waals surface area contributed by atoms with Crippen molar-refractivity contribution in [3.8, 4) is 11.4 Å². The molecule has 0 bridgehead atoms. The Labute approximate surface area is 86.7 Å². The summed E-state index contributed by atoms with van der Waals surface area (Å²) in [5.41, 5.74) is 0.915. The largest absolute Gasteiger partial charge is 0.339 e. The van der Waals surface area contributed by atoms with E-state index < -0.39 is 0 Å². The molecule has 0 saturated carbocycles. The molecule has 0 atom stereocenters. The number of hydrogen-bond acceptors (Lipinski definition) is 3. The highest BCUT2D eigenvalue weighted by Gasteiger charge is 2.05. The van der Waals surface area contributed by atoms with E-state index in [1.54, 1.807) is 12.1 Å². The van der Waals surface area contributed by atoms with Gasteiger partial charge in [0, 0.05) is 17.0 Å². The van der Waals surface area contributed by atoms with Gasteiger partial charge in [-0.15, -0.1) is 0 Å². The van der Waals surface area contributed by atoms with Crippen LogP contribution >= 0.6 is 11.6 Å². The van der Waals surface area contributed by atoms with Crippen LogP contribution in [0.2, 0.25) is 5.02 Å². The van der Waals surface area contributed by atoms with Crippen LogP contribution in [0.1, 0.15) is 12.8 Å². The normalized spacial score (nSPS) is 10.4. The lowest BCUT2D eigenvalue weighted by molar-refractivity contribution is 0.383. The first-order valence-corrected chi connectivity index (χ1v) is 4.76. The van der Waals surface area contributed by atoms with Crippen molar-refractivity contribution in [2.45, 2.75) is 13.3 Å². The van der Waals surface area contributed by atoms with E-state index in [-0.39, 0.29) is 0 Å². The standard InChI is InChI=1S/C10H9ClN2O/c1-2-9-12-10(13-14-9)7-3-5-8(11)6-4-7/h3-6H,2H2,1H3. The van der Waals surface area contributed by atoms with E-state index in [1.165, 1.54) is 0 Å². The number of benzene rings is 1. The minimum atomic E-state index is 0.610. The van der Waals surface area contributed by atoms with Crippen molar-refractivity contribution in [1.29, 1.82) is 0 Å². The molecule has 0 fully saturated rings. The Morgan fingerprint density at radius 3 is 2.57 bits per heavy atom. The Hall–Kier alpha value is -1.35. The van der Waals surface area contributed by atoms with Crippen LogP contribution in [0.3, 0.4) is 0 Å². The molecule has 2 aromatic rings.